The molecule has 1 amide bonds. The van der Waals surface area contributed by atoms with E-state index in [1.165, 1.54) is 17.0 Å². The Morgan fingerprint density at radius 2 is 1.73 bits per heavy atom. The van der Waals surface area contributed by atoms with Gasteiger partial charge in [0, 0.05) is 7.05 Å². The molecule has 0 saturated heterocycles. The summed E-state index contributed by atoms with van der Waals surface area (Å²) in [7, 11) is -0.554. The molecule has 2 rings (SSSR count). The highest BCUT2D eigenvalue weighted by Gasteiger charge is 2.27. The lowest BCUT2D eigenvalue weighted by Gasteiger charge is -2.24. The van der Waals surface area contributed by atoms with Crippen LogP contribution in [0, 0.1) is 0 Å². The molecule has 0 aliphatic carbocycles. The second-order valence-corrected chi connectivity index (χ2v) is 9.25. The molecule has 164 valence electrons. The quantitative estimate of drug-likeness (QED) is 0.533. The normalized spacial score (nSPS) is 12.2. The van der Waals surface area contributed by atoms with Crippen molar-refractivity contribution in [2.45, 2.75) is 17.4 Å². The van der Waals surface area contributed by atoms with Crippen molar-refractivity contribution < 1.29 is 22.7 Å². The fourth-order valence-corrected chi connectivity index (χ4v) is 4.39. The number of hydrogen-bond acceptors (Lipinski definition) is 6. The van der Waals surface area contributed by atoms with Gasteiger partial charge in [-0.2, -0.15) is 16.5 Å². The number of amides is 1. The first-order chi connectivity index (χ1) is 14.4. The molecule has 1 N–H and O–H groups in total. The molecule has 0 radical (unpaired) electrons. The summed E-state index contributed by atoms with van der Waals surface area (Å²) in [6.07, 6.45) is 2.31. The van der Waals surface area contributed by atoms with Crippen molar-refractivity contribution in [3.05, 3.63) is 54.6 Å². The SMILES string of the molecule is COc1ccc(OCCN(C)C(=O)C(CCSC)NS(=O)(=O)c2ccccc2)cc1. The molecular weight excluding hydrogens is 424 g/mol. The molecular formula is C21H28N2O5S2. The van der Waals surface area contributed by atoms with E-state index < -0.39 is 16.1 Å². The second kappa shape index (κ2) is 11.8. The fourth-order valence-electron chi connectivity index (χ4n) is 2.67. The zero-order valence-corrected chi connectivity index (χ0v) is 19.0. The molecule has 0 heterocycles. The number of ether oxygens (including phenoxy) is 2. The largest absolute Gasteiger partial charge is 0.497 e. The summed E-state index contributed by atoms with van der Waals surface area (Å²) in [5, 5.41) is 0. The first kappa shape index (κ1) is 24.0. The van der Waals surface area contributed by atoms with Crippen molar-refractivity contribution in [2.75, 3.05) is 39.3 Å². The molecule has 1 unspecified atom stereocenters. The predicted octanol–water partition coefficient (Wildman–Crippen LogP) is 2.63. The van der Waals surface area contributed by atoms with Gasteiger partial charge in [0.1, 0.15) is 24.1 Å². The summed E-state index contributed by atoms with van der Waals surface area (Å²) in [6, 6.07) is 14.4. The minimum atomic E-state index is -3.79. The van der Waals surface area contributed by atoms with Crippen molar-refractivity contribution in [2.24, 2.45) is 0 Å². The van der Waals surface area contributed by atoms with Gasteiger partial charge in [-0.05, 0) is 54.8 Å². The average molecular weight is 453 g/mol. The van der Waals surface area contributed by atoms with Crippen LogP contribution >= 0.6 is 11.8 Å². The van der Waals surface area contributed by atoms with Crippen LogP contribution in [0.25, 0.3) is 0 Å². The van der Waals surface area contributed by atoms with Crippen LogP contribution in [0.3, 0.4) is 0 Å². The third-order valence-corrected chi connectivity index (χ3v) is 6.52. The maximum atomic E-state index is 12.9. The summed E-state index contributed by atoms with van der Waals surface area (Å²) in [5.41, 5.74) is 0. The summed E-state index contributed by atoms with van der Waals surface area (Å²) < 4.78 is 38.7. The second-order valence-electron chi connectivity index (χ2n) is 6.55. The van der Waals surface area contributed by atoms with Crippen LogP contribution in [-0.2, 0) is 14.8 Å². The Bertz CT molecular complexity index is 889. The molecule has 0 aliphatic heterocycles. The van der Waals surface area contributed by atoms with E-state index in [0.29, 0.717) is 24.5 Å². The number of likely N-dealkylation sites (N-methyl/N-ethyl adjacent to an activating group) is 1. The van der Waals surface area contributed by atoms with Gasteiger partial charge < -0.3 is 14.4 Å². The lowest BCUT2D eigenvalue weighted by atomic mass is 10.2. The minimum Gasteiger partial charge on any atom is -0.497 e. The third-order valence-electron chi connectivity index (χ3n) is 4.39. The van der Waals surface area contributed by atoms with Crippen LogP contribution in [0.4, 0.5) is 0 Å². The van der Waals surface area contributed by atoms with Crippen molar-refractivity contribution in [3.63, 3.8) is 0 Å². The van der Waals surface area contributed by atoms with Gasteiger partial charge in [-0.25, -0.2) is 8.42 Å². The summed E-state index contributed by atoms with van der Waals surface area (Å²) in [5.74, 6) is 1.77. The highest BCUT2D eigenvalue weighted by atomic mass is 32.2. The molecule has 30 heavy (non-hydrogen) atoms. The predicted molar refractivity (Wildman–Crippen MR) is 120 cm³/mol. The molecule has 0 saturated carbocycles. The van der Waals surface area contributed by atoms with Crippen LogP contribution in [0.15, 0.2) is 59.5 Å². The molecule has 0 aromatic heterocycles. The number of thioether (sulfide) groups is 1. The highest BCUT2D eigenvalue weighted by molar-refractivity contribution is 7.98. The Balaban J connectivity index is 1.97. The smallest absolute Gasteiger partial charge is 0.241 e. The number of nitrogens with zero attached hydrogens (tertiary/aromatic N) is 1. The van der Waals surface area contributed by atoms with E-state index in [2.05, 4.69) is 4.72 Å². The number of nitrogens with one attached hydrogen (secondary N) is 1. The van der Waals surface area contributed by atoms with E-state index in [1.54, 1.807) is 68.4 Å². The number of sulfonamides is 1. The number of rotatable bonds is 12. The molecule has 2 aromatic rings. The Hall–Kier alpha value is -2.23. The van der Waals surface area contributed by atoms with Crippen LogP contribution < -0.4 is 14.2 Å². The highest BCUT2D eigenvalue weighted by Crippen LogP contribution is 2.17. The topological polar surface area (TPSA) is 84.9 Å². The molecule has 0 bridgehead atoms. The van der Waals surface area contributed by atoms with Gasteiger partial charge in [-0.1, -0.05) is 18.2 Å². The maximum Gasteiger partial charge on any atom is 0.241 e. The molecule has 9 heteroatoms. The number of methoxy groups -OCH3 is 1. The zero-order valence-electron chi connectivity index (χ0n) is 17.4. The van der Waals surface area contributed by atoms with Crippen molar-refractivity contribution in [3.8, 4) is 11.5 Å². The third kappa shape index (κ3) is 7.23. The average Bonchev–Trinajstić information content (AvgIpc) is 2.77. The molecule has 0 aliphatic rings. The van der Waals surface area contributed by atoms with Gasteiger partial charge in [-0.3, -0.25) is 4.79 Å². The zero-order chi connectivity index (χ0) is 22.0. The fraction of sp³-hybridized carbons (Fsp3) is 0.381. The van der Waals surface area contributed by atoms with Crippen LogP contribution in [0.1, 0.15) is 6.42 Å². The molecule has 2 aromatic carbocycles. The standard InChI is InChI=1S/C21H28N2O5S2/c1-23(14-15-28-18-11-9-17(27-2)10-12-18)21(24)20(13-16-29-3)22-30(25,26)19-7-5-4-6-8-19/h4-12,20,22H,13-16H2,1-3H3. The van der Waals surface area contributed by atoms with Crippen molar-refractivity contribution >= 4 is 27.7 Å². The lowest BCUT2D eigenvalue weighted by Crippen LogP contribution is -2.48. The Morgan fingerprint density at radius 3 is 2.33 bits per heavy atom. The Labute approximate surface area is 182 Å². The van der Waals surface area contributed by atoms with E-state index >= 15 is 0 Å². The van der Waals surface area contributed by atoms with Gasteiger partial charge in [0.05, 0.1) is 18.6 Å². The summed E-state index contributed by atoms with van der Waals surface area (Å²) in [4.78, 5) is 14.5. The molecule has 1 atom stereocenters. The van der Waals surface area contributed by atoms with Gasteiger partial charge in [0.25, 0.3) is 0 Å². The Morgan fingerprint density at radius 1 is 1.10 bits per heavy atom. The van der Waals surface area contributed by atoms with E-state index in [0.717, 1.165) is 5.75 Å². The first-order valence-corrected chi connectivity index (χ1v) is 12.3. The van der Waals surface area contributed by atoms with Gasteiger partial charge in [0.15, 0.2) is 0 Å². The van der Waals surface area contributed by atoms with E-state index in [-0.39, 0.29) is 17.4 Å². The summed E-state index contributed by atoms with van der Waals surface area (Å²) in [6.45, 7) is 0.614. The number of carbonyl (C=O) groups is 1. The monoisotopic (exact) mass is 452 g/mol. The lowest BCUT2D eigenvalue weighted by molar-refractivity contribution is -0.132. The Kier molecular flexibility index (Phi) is 9.48. The number of carbonyl (C=O) groups excluding carboxylic acids is 1. The van der Waals surface area contributed by atoms with E-state index in [4.69, 9.17) is 9.47 Å². The van der Waals surface area contributed by atoms with E-state index in [1.807, 2.05) is 6.26 Å². The minimum absolute atomic E-state index is 0.137. The van der Waals surface area contributed by atoms with Crippen LogP contribution in [-0.4, -0.2) is 64.6 Å². The van der Waals surface area contributed by atoms with Crippen molar-refractivity contribution in [1.82, 2.24) is 9.62 Å². The number of benzene rings is 2. The number of hydrogen-bond donors (Lipinski definition) is 1. The van der Waals surface area contributed by atoms with Crippen LogP contribution in [0.2, 0.25) is 0 Å². The van der Waals surface area contributed by atoms with Gasteiger partial charge in [0.2, 0.25) is 15.9 Å². The maximum absolute atomic E-state index is 12.9. The van der Waals surface area contributed by atoms with Gasteiger partial charge in [-0.15, -0.1) is 0 Å². The van der Waals surface area contributed by atoms with Crippen LogP contribution in [0.5, 0.6) is 11.5 Å². The molecule has 0 spiro atoms. The first-order valence-electron chi connectivity index (χ1n) is 9.45. The van der Waals surface area contributed by atoms with Crippen molar-refractivity contribution in [1.29, 1.82) is 0 Å². The molecule has 0 fully saturated rings. The van der Waals surface area contributed by atoms with E-state index in [9.17, 15) is 13.2 Å². The molecule has 7 nitrogen and oxygen atoms in total. The van der Waals surface area contributed by atoms with Gasteiger partial charge >= 0.3 is 0 Å². The summed E-state index contributed by atoms with van der Waals surface area (Å²) >= 11 is 1.56.